The molecule has 8 heteroatoms. The van der Waals surface area contributed by atoms with Gasteiger partial charge in [0.15, 0.2) is 11.4 Å². The Morgan fingerprint density at radius 1 is 1.21 bits per heavy atom. The van der Waals surface area contributed by atoms with E-state index in [1.54, 1.807) is 0 Å². The molecule has 0 aliphatic heterocycles. The summed E-state index contributed by atoms with van der Waals surface area (Å²) in [5, 5.41) is 0.800. The third-order valence-corrected chi connectivity index (χ3v) is 4.01. The summed E-state index contributed by atoms with van der Waals surface area (Å²) in [6.07, 6.45) is 0. The van der Waals surface area contributed by atoms with Crippen molar-refractivity contribution >= 4 is 24.4 Å². The summed E-state index contributed by atoms with van der Waals surface area (Å²) < 4.78 is 43.2. The molecule has 2 nitrogen and oxygen atoms in total. The zero-order valence-electron chi connectivity index (χ0n) is 11.4. The maximum absolute atomic E-state index is 9.75. The monoisotopic (exact) mass is 298 g/mol. The van der Waals surface area contributed by atoms with Gasteiger partial charge in [0.25, 0.3) is 0 Å². The lowest BCUT2D eigenvalue weighted by molar-refractivity contribution is -0.670. The molecule has 19 heavy (non-hydrogen) atoms. The van der Waals surface area contributed by atoms with Crippen LogP contribution >= 0.6 is 11.6 Å². The molecule has 0 radical (unpaired) electrons. The van der Waals surface area contributed by atoms with E-state index in [0.717, 1.165) is 5.28 Å². The van der Waals surface area contributed by atoms with Crippen LogP contribution in [-0.4, -0.2) is 11.8 Å². The van der Waals surface area contributed by atoms with Crippen molar-refractivity contribution in [3.05, 3.63) is 22.2 Å². The molecule has 1 aliphatic carbocycles. The summed E-state index contributed by atoms with van der Waals surface area (Å²) in [6, 6.07) is 0. The highest BCUT2D eigenvalue weighted by atomic mass is 35.5. The molecule has 0 bridgehead atoms. The van der Waals surface area contributed by atoms with Crippen molar-refractivity contribution in [3.8, 4) is 0 Å². The van der Waals surface area contributed by atoms with Gasteiger partial charge in [0.1, 0.15) is 0 Å². The van der Waals surface area contributed by atoms with Gasteiger partial charge in [-0.15, -0.1) is 0 Å². The zero-order chi connectivity index (χ0) is 15.1. The predicted octanol–water partition coefficient (Wildman–Crippen LogP) is 3.71. The average Bonchev–Trinajstić information content (AvgIpc) is 2.60. The Bertz CT molecular complexity index is 528. The van der Waals surface area contributed by atoms with Gasteiger partial charge >= 0.3 is 12.5 Å². The van der Waals surface area contributed by atoms with E-state index in [1.165, 1.54) is 22.5 Å². The Morgan fingerprint density at radius 2 is 1.63 bits per heavy atom. The van der Waals surface area contributed by atoms with Gasteiger partial charge in [0.2, 0.25) is 0 Å². The van der Waals surface area contributed by atoms with E-state index in [9.17, 15) is 17.3 Å². The van der Waals surface area contributed by atoms with Crippen molar-refractivity contribution in [2.24, 2.45) is 14.1 Å². The van der Waals surface area contributed by atoms with E-state index in [0.29, 0.717) is 5.92 Å². The highest BCUT2D eigenvalue weighted by Crippen LogP contribution is 2.40. The molecule has 0 saturated carbocycles. The smallest absolute Gasteiger partial charge is 0.418 e. The zero-order valence-corrected chi connectivity index (χ0v) is 12.2. The summed E-state index contributed by atoms with van der Waals surface area (Å²) in [5.41, 5.74) is 5.46. The summed E-state index contributed by atoms with van der Waals surface area (Å²) in [6.45, 7) is 6.61. The molecule has 2 rings (SSSR count). The van der Waals surface area contributed by atoms with Gasteiger partial charge in [0, 0.05) is 17.5 Å². The number of hydrogen-bond donors (Lipinski definition) is 0. The molecule has 0 saturated heterocycles. The quantitative estimate of drug-likeness (QED) is 0.392. The lowest BCUT2D eigenvalue weighted by Crippen LogP contribution is -2.31. The first-order valence-corrected chi connectivity index (χ1v) is 6.13. The first-order chi connectivity index (χ1) is 8.46. The van der Waals surface area contributed by atoms with E-state index in [2.05, 4.69) is 29.9 Å². The second kappa shape index (κ2) is 5.19. The molecular formula is C11H16BClF4N2. The van der Waals surface area contributed by atoms with Crippen molar-refractivity contribution in [1.82, 2.24) is 4.57 Å². The maximum Gasteiger partial charge on any atom is 0.673 e. The molecule has 0 N–H and O–H groups in total. The van der Waals surface area contributed by atoms with Crippen LogP contribution in [0, 0.1) is 0 Å². The van der Waals surface area contributed by atoms with E-state index in [-0.39, 0.29) is 0 Å². The van der Waals surface area contributed by atoms with Crippen LogP contribution in [-0.2, 0) is 14.1 Å². The highest BCUT2D eigenvalue weighted by molar-refractivity contribution is 6.50. The van der Waals surface area contributed by atoms with Crippen molar-refractivity contribution in [1.29, 1.82) is 0 Å². The van der Waals surface area contributed by atoms with Gasteiger partial charge in [0.05, 0.1) is 14.1 Å². The van der Waals surface area contributed by atoms with Crippen LogP contribution in [0.15, 0.2) is 5.57 Å². The van der Waals surface area contributed by atoms with Gasteiger partial charge in [-0.05, 0) is 19.4 Å². The fourth-order valence-electron chi connectivity index (χ4n) is 2.40. The summed E-state index contributed by atoms with van der Waals surface area (Å²) in [4.78, 5) is 0. The number of rotatable bonds is 0. The second-order valence-corrected chi connectivity index (χ2v) is 4.98. The van der Waals surface area contributed by atoms with Gasteiger partial charge in [-0.3, -0.25) is 0 Å². The summed E-state index contributed by atoms with van der Waals surface area (Å²) in [5.74, 6) is 0.494. The minimum absolute atomic E-state index is 0.494. The van der Waals surface area contributed by atoms with Crippen LogP contribution in [0.4, 0.5) is 17.3 Å². The Balaban J connectivity index is 0.000000312. The van der Waals surface area contributed by atoms with Crippen LogP contribution in [0.2, 0.25) is 5.28 Å². The first kappa shape index (κ1) is 16.1. The standard InChI is InChI=1S/C11H16ClN2.BF4/c1-6-7(2)9-10(8(6)3)14(5)11(12)13(9)4;2-1(3,4)5/h7H,1-5H3;/q+1;-1. The molecule has 0 amide bonds. The highest BCUT2D eigenvalue weighted by Gasteiger charge is 2.36. The number of fused-ring (bicyclic) bond motifs is 1. The van der Waals surface area contributed by atoms with Gasteiger partial charge in [-0.25, -0.2) is 9.13 Å². The number of halogens is 5. The van der Waals surface area contributed by atoms with Crippen molar-refractivity contribution in [3.63, 3.8) is 0 Å². The maximum atomic E-state index is 9.75. The largest absolute Gasteiger partial charge is 0.673 e. The fourth-order valence-corrected chi connectivity index (χ4v) is 2.58. The molecule has 0 spiro atoms. The fraction of sp³-hybridized carbons (Fsp3) is 0.545. The van der Waals surface area contributed by atoms with Gasteiger partial charge in [-0.1, -0.05) is 12.5 Å². The molecule has 1 aromatic rings. The third kappa shape index (κ3) is 3.13. The van der Waals surface area contributed by atoms with Crippen molar-refractivity contribution in [2.45, 2.75) is 26.7 Å². The van der Waals surface area contributed by atoms with Crippen molar-refractivity contribution in [2.75, 3.05) is 0 Å². The van der Waals surface area contributed by atoms with E-state index < -0.39 is 7.25 Å². The number of nitrogens with zero attached hydrogens (tertiary/aromatic N) is 2. The Kier molecular flexibility index (Phi) is 4.39. The number of hydrogen-bond acceptors (Lipinski definition) is 0. The molecule has 1 atom stereocenters. The van der Waals surface area contributed by atoms with Crippen LogP contribution < -0.4 is 4.57 Å². The Morgan fingerprint density at radius 3 is 2.00 bits per heavy atom. The molecule has 0 aromatic carbocycles. The normalized spacial score (nSPS) is 18.3. The topological polar surface area (TPSA) is 8.81 Å². The molecule has 1 unspecified atom stereocenters. The van der Waals surface area contributed by atoms with Crippen LogP contribution in [0.3, 0.4) is 0 Å². The molecule has 1 aliphatic rings. The third-order valence-electron chi connectivity index (χ3n) is 3.50. The second-order valence-electron chi connectivity index (χ2n) is 4.65. The SMILES string of the molecule is CC1=C(C)C(C)c2c1[n+](C)c(Cl)n2C.F[B-](F)(F)F. The Labute approximate surface area is 114 Å². The Hall–Kier alpha value is -0.975. The van der Waals surface area contributed by atoms with Crippen LogP contribution in [0.1, 0.15) is 38.1 Å². The molecule has 1 heterocycles. The number of allylic oxidation sites excluding steroid dienone is 2. The lowest BCUT2D eigenvalue weighted by Gasteiger charge is -2.03. The van der Waals surface area contributed by atoms with Crippen LogP contribution in [0.25, 0.3) is 5.57 Å². The summed E-state index contributed by atoms with van der Waals surface area (Å²) in [7, 11) is -1.94. The van der Waals surface area contributed by atoms with E-state index in [1.807, 2.05) is 14.1 Å². The van der Waals surface area contributed by atoms with Crippen molar-refractivity contribution < 1.29 is 21.8 Å². The van der Waals surface area contributed by atoms with Gasteiger partial charge in [-0.2, -0.15) is 0 Å². The van der Waals surface area contributed by atoms with E-state index in [4.69, 9.17) is 11.6 Å². The molecular weight excluding hydrogens is 282 g/mol. The number of aromatic nitrogens is 2. The summed E-state index contributed by atoms with van der Waals surface area (Å²) >= 11 is 6.20. The average molecular weight is 299 g/mol. The minimum Gasteiger partial charge on any atom is -0.418 e. The minimum atomic E-state index is -6.00. The molecule has 1 aromatic heterocycles. The molecule has 0 fully saturated rings. The first-order valence-electron chi connectivity index (χ1n) is 5.76. The molecule has 108 valence electrons. The predicted molar refractivity (Wildman–Crippen MR) is 68.5 cm³/mol. The van der Waals surface area contributed by atoms with Crippen LogP contribution in [0.5, 0.6) is 0 Å². The van der Waals surface area contributed by atoms with E-state index >= 15 is 0 Å². The number of imidazole rings is 1. The van der Waals surface area contributed by atoms with Gasteiger partial charge < -0.3 is 17.3 Å². The lowest BCUT2D eigenvalue weighted by atomic mass is 10.0.